The Hall–Kier alpha value is -2.34. The molecule has 0 atom stereocenters. The summed E-state index contributed by atoms with van der Waals surface area (Å²) in [5, 5.41) is 7.49. The van der Waals surface area contributed by atoms with Gasteiger partial charge in [0.1, 0.15) is 0 Å². The summed E-state index contributed by atoms with van der Waals surface area (Å²) in [7, 11) is 0. The number of hydrogen-bond acceptors (Lipinski definition) is 4. The fraction of sp³-hybridized carbons (Fsp3) is 0.312. The number of aromatic amines is 1. The summed E-state index contributed by atoms with van der Waals surface area (Å²) in [6, 6.07) is 6.77. The van der Waals surface area contributed by atoms with E-state index in [1.807, 2.05) is 0 Å². The van der Waals surface area contributed by atoms with Crippen molar-refractivity contribution in [1.29, 1.82) is 0 Å². The highest BCUT2D eigenvalue weighted by Crippen LogP contribution is 2.23. The lowest BCUT2D eigenvalue weighted by Gasteiger charge is -2.27. The first kappa shape index (κ1) is 15.6. The standard InChI is InChI=1S/C16H16ClN3O3/c1-2-23-16(22)14-12-9-20(8-7-13(12)18-19-14)15(21)10-3-5-11(17)6-4-10/h3-6H,2,7-9H2,1H3,(H,18,19). The molecule has 1 amide bonds. The zero-order valence-corrected chi connectivity index (χ0v) is 13.4. The first-order valence-corrected chi connectivity index (χ1v) is 7.76. The van der Waals surface area contributed by atoms with E-state index in [4.69, 9.17) is 16.3 Å². The van der Waals surface area contributed by atoms with Gasteiger partial charge in [0.2, 0.25) is 0 Å². The topological polar surface area (TPSA) is 75.3 Å². The average molecular weight is 334 g/mol. The largest absolute Gasteiger partial charge is 0.461 e. The molecule has 0 radical (unpaired) electrons. The van der Waals surface area contributed by atoms with Crippen molar-refractivity contribution in [2.45, 2.75) is 19.9 Å². The van der Waals surface area contributed by atoms with Gasteiger partial charge in [-0.3, -0.25) is 9.89 Å². The Morgan fingerprint density at radius 3 is 2.78 bits per heavy atom. The fourth-order valence-electron chi connectivity index (χ4n) is 2.61. The third-order valence-electron chi connectivity index (χ3n) is 3.78. The molecule has 2 heterocycles. The van der Waals surface area contributed by atoms with Crippen LogP contribution in [0.15, 0.2) is 24.3 Å². The molecule has 2 aromatic rings. The van der Waals surface area contributed by atoms with Crippen LogP contribution < -0.4 is 0 Å². The van der Waals surface area contributed by atoms with E-state index in [2.05, 4.69) is 10.2 Å². The quantitative estimate of drug-likeness (QED) is 0.875. The molecule has 0 bridgehead atoms. The molecule has 0 saturated carbocycles. The van der Waals surface area contributed by atoms with Gasteiger partial charge in [0.25, 0.3) is 5.91 Å². The van der Waals surface area contributed by atoms with Crippen LogP contribution in [0.1, 0.15) is 39.0 Å². The molecule has 0 saturated heterocycles. The highest BCUT2D eigenvalue weighted by atomic mass is 35.5. The molecule has 1 aromatic heterocycles. The molecule has 6 nitrogen and oxygen atoms in total. The molecule has 1 aliphatic rings. The number of carbonyl (C=O) groups excluding carboxylic acids is 2. The highest BCUT2D eigenvalue weighted by molar-refractivity contribution is 6.30. The number of nitrogens with one attached hydrogen (secondary N) is 1. The van der Waals surface area contributed by atoms with Gasteiger partial charge in [0, 0.05) is 34.8 Å². The molecule has 120 valence electrons. The molecule has 1 aromatic carbocycles. The van der Waals surface area contributed by atoms with Gasteiger partial charge >= 0.3 is 5.97 Å². The summed E-state index contributed by atoms with van der Waals surface area (Å²) >= 11 is 5.85. The Labute approximate surface area is 138 Å². The number of hydrogen-bond donors (Lipinski definition) is 1. The van der Waals surface area contributed by atoms with Crippen LogP contribution >= 0.6 is 11.6 Å². The van der Waals surface area contributed by atoms with E-state index < -0.39 is 5.97 Å². The number of fused-ring (bicyclic) bond motifs is 1. The summed E-state index contributed by atoms with van der Waals surface area (Å²) in [4.78, 5) is 26.2. The number of aromatic nitrogens is 2. The van der Waals surface area contributed by atoms with Gasteiger partial charge in [0.15, 0.2) is 5.69 Å². The van der Waals surface area contributed by atoms with Crippen molar-refractivity contribution in [3.63, 3.8) is 0 Å². The first-order valence-electron chi connectivity index (χ1n) is 7.38. The molecule has 1 N–H and O–H groups in total. The van der Waals surface area contributed by atoms with Gasteiger partial charge < -0.3 is 9.64 Å². The number of benzene rings is 1. The highest BCUT2D eigenvalue weighted by Gasteiger charge is 2.28. The number of amides is 1. The lowest BCUT2D eigenvalue weighted by molar-refractivity contribution is 0.0513. The van der Waals surface area contributed by atoms with Crippen molar-refractivity contribution >= 4 is 23.5 Å². The Kier molecular flexibility index (Phi) is 4.34. The monoisotopic (exact) mass is 333 g/mol. The molecule has 0 fully saturated rings. The maximum atomic E-state index is 12.6. The second-order valence-corrected chi connectivity index (χ2v) is 5.67. The zero-order chi connectivity index (χ0) is 16.4. The molecule has 7 heteroatoms. The predicted octanol–water partition coefficient (Wildman–Crippen LogP) is 2.44. The molecular formula is C16H16ClN3O3. The van der Waals surface area contributed by atoms with E-state index in [1.54, 1.807) is 36.1 Å². The van der Waals surface area contributed by atoms with Gasteiger partial charge in [-0.15, -0.1) is 0 Å². The van der Waals surface area contributed by atoms with E-state index in [0.29, 0.717) is 30.1 Å². The second kappa shape index (κ2) is 6.42. The summed E-state index contributed by atoms with van der Waals surface area (Å²) in [6.07, 6.45) is 0.626. The van der Waals surface area contributed by atoms with Crippen molar-refractivity contribution in [2.24, 2.45) is 0 Å². The minimum atomic E-state index is -0.467. The predicted molar refractivity (Wildman–Crippen MR) is 84.4 cm³/mol. The smallest absolute Gasteiger partial charge is 0.359 e. The lowest BCUT2D eigenvalue weighted by atomic mass is 10.0. The number of carbonyl (C=O) groups is 2. The van der Waals surface area contributed by atoms with Crippen molar-refractivity contribution in [1.82, 2.24) is 15.1 Å². The van der Waals surface area contributed by atoms with Crippen LogP contribution in [0.3, 0.4) is 0 Å². The minimum absolute atomic E-state index is 0.0941. The number of esters is 1. The van der Waals surface area contributed by atoms with Crippen LogP contribution in [0.25, 0.3) is 0 Å². The maximum absolute atomic E-state index is 12.6. The van der Waals surface area contributed by atoms with Crippen LogP contribution in [0.2, 0.25) is 5.02 Å². The average Bonchev–Trinajstić information content (AvgIpc) is 2.98. The molecule has 3 rings (SSSR count). The van der Waals surface area contributed by atoms with Crippen molar-refractivity contribution in [3.8, 4) is 0 Å². The van der Waals surface area contributed by atoms with Crippen LogP contribution in [-0.4, -0.2) is 40.1 Å². The lowest BCUT2D eigenvalue weighted by Crippen LogP contribution is -2.36. The first-order chi connectivity index (χ1) is 11.1. The summed E-state index contributed by atoms with van der Waals surface area (Å²) in [6.45, 7) is 2.93. The number of halogens is 1. The van der Waals surface area contributed by atoms with E-state index in [-0.39, 0.29) is 18.2 Å². The minimum Gasteiger partial charge on any atom is -0.461 e. The van der Waals surface area contributed by atoms with Crippen LogP contribution in [0.5, 0.6) is 0 Å². The zero-order valence-electron chi connectivity index (χ0n) is 12.6. The van der Waals surface area contributed by atoms with E-state index in [9.17, 15) is 9.59 Å². The van der Waals surface area contributed by atoms with Gasteiger partial charge in [-0.2, -0.15) is 5.10 Å². The third kappa shape index (κ3) is 3.07. The maximum Gasteiger partial charge on any atom is 0.359 e. The third-order valence-corrected chi connectivity index (χ3v) is 4.03. The van der Waals surface area contributed by atoms with Crippen LogP contribution in [-0.2, 0) is 17.7 Å². The van der Waals surface area contributed by atoms with Gasteiger partial charge in [0.05, 0.1) is 13.2 Å². The Balaban J connectivity index is 1.81. The van der Waals surface area contributed by atoms with Crippen LogP contribution in [0.4, 0.5) is 0 Å². The normalized spacial score (nSPS) is 13.6. The molecule has 23 heavy (non-hydrogen) atoms. The fourth-order valence-corrected chi connectivity index (χ4v) is 2.74. The SMILES string of the molecule is CCOC(=O)c1n[nH]c2c1CN(C(=O)c1ccc(Cl)cc1)CC2. The summed E-state index contributed by atoms with van der Waals surface area (Å²) in [5.41, 5.74) is 2.44. The molecule has 0 aliphatic carbocycles. The van der Waals surface area contributed by atoms with Gasteiger partial charge in [-0.1, -0.05) is 11.6 Å². The summed E-state index contributed by atoms with van der Waals surface area (Å²) in [5.74, 6) is -0.561. The van der Waals surface area contributed by atoms with Crippen molar-refractivity contribution < 1.29 is 14.3 Å². The van der Waals surface area contributed by atoms with Crippen LogP contribution in [0, 0.1) is 0 Å². The molecular weight excluding hydrogens is 318 g/mol. The molecule has 0 spiro atoms. The van der Waals surface area contributed by atoms with E-state index in [0.717, 1.165) is 11.3 Å². The second-order valence-electron chi connectivity index (χ2n) is 5.23. The number of nitrogens with zero attached hydrogens (tertiary/aromatic N) is 2. The van der Waals surface area contributed by atoms with Crippen molar-refractivity contribution in [3.05, 3.63) is 51.8 Å². The Morgan fingerprint density at radius 1 is 1.35 bits per heavy atom. The van der Waals surface area contributed by atoms with Gasteiger partial charge in [-0.25, -0.2) is 4.79 Å². The molecule has 1 aliphatic heterocycles. The van der Waals surface area contributed by atoms with E-state index >= 15 is 0 Å². The Morgan fingerprint density at radius 2 is 2.09 bits per heavy atom. The number of H-pyrrole nitrogens is 1. The Bertz CT molecular complexity index is 740. The summed E-state index contributed by atoms with van der Waals surface area (Å²) < 4.78 is 5.01. The molecule has 0 unspecified atom stereocenters. The number of ether oxygens (including phenoxy) is 1. The van der Waals surface area contributed by atoms with Gasteiger partial charge in [-0.05, 0) is 31.2 Å². The van der Waals surface area contributed by atoms with Crippen molar-refractivity contribution in [2.75, 3.05) is 13.2 Å². The number of rotatable bonds is 3. The van der Waals surface area contributed by atoms with E-state index in [1.165, 1.54) is 0 Å².